The molecule has 0 aromatic carbocycles. The molecule has 6 heteroatoms. The summed E-state index contributed by atoms with van der Waals surface area (Å²) in [5.41, 5.74) is 5.80. The molecule has 0 radical (unpaired) electrons. The zero-order chi connectivity index (χ0) is 10.6. The summed E-state index contributed by atoms with van der Waals surface area (Å²) >= 11 is 0. The van der Waals surface area contributed by atoms with E-state index in [1.807, 2.05) is 6.92 Å². The van der Waals surface area contributed by atoms with E-state index < -0.39 is 0 Å². The maximum atomic E-state index is 11.6. The van der Waals surface area contributed by atoms with E-state index in [0.717, 1.165) is 0 Å². The Hall–Kier alpha value is -1.43. The molecule has 1 atom stereocenters. The molecule has 1 unspecified atom stereocenters. The van der Waals surface area contributed by atoms with Crippen molar-refractivity contribution in [2.45, 2.75) is 6.92 Å². The highest BCUT2D eigenvalue weighted by Crippen LogP contribution is 2.00. The SMILES string of the molecule is CC(CN)CN(C)C(=O)c1cn[nH]n1. The van der Waals surface area contributed by atoms with E-state index in [1.54, 1.807) is 11.9 Å². The van der Waals surface area contributed by atoms with E-state index in [-0.39, 0.29) is 11.8 Å². The lowest BCUT2D eigenvalue weighted by Gasteiger charge is -2.19. The van der Waals surface area contributed by atoms with Crippen molar-refractivity contribution in [3.63, 3.8) is 0 Å². The lowest BCUT2D eigenvalue weighted by Crippen LogP contribution is -2.33. The number of aromatic amines is 1. The first kappa shape index (κ1) is 10.6. The van der Waals surface area contributed by atoms with Gasteiger partial charge in [-0.3, -0.25) is 4.79 Å². The molecule has 0 spiro atoms. The first-order valence-electron chi connectivity index (χ1n) is 4.46. The number of aromatic nitrogens is 3. The van der Waals surface area contributed by atoms with Crippen LogP contribution in [-0.4, -0.2) is 46.4 Å². The molecule has 78 valence electrons. The molecule has 0 bridgehead atoms. The number of H-pyrrole nitrogens is 1. The van der Waals surface area contributed by atoms with Crippen LogP contribution >= 0.6 is 0 Å². The highest BCUT2D eigenvalue weighted by molar-refractivity contribution is 5.91. The van der Waals surface area contributed by atoms with Gasteiger partial charge in [-0.15, -0.1) is 0 Å². The lowest BCUT2D eigenvalue weighted by molar-refractivity contribution is 0.0771. The third-order valence-electron chi connectivity index (χ3n) is 1.97. The largest absolute Gasteiger partial charge is 0.340 e. The molecular formula is C8H15N5O. The molecule has 1 aromatic heterocycles. The highest BCUT2D eigenvalue weighted by Gasteiger charge is 2.15. The molecule has 1 amide bonds. The van der Waals surface area contributed by atoms with Gasteiger partial charge in [-0.05, 0) is 12.5 Å². The minimum atomic E-state index is -0.140. The molecule has 0 saturated heterocycles. The molecule has 1 aromatic rings. The van der Waals surface area contributed by atoms with Gasteiger partial charge in [-0.25, -0.2) is 0 Å². The number of nitrogens with two attached hydrogens (primary N) is 1. The first-order chi connectivity index (χ1) is 6.65. The summed E-state index contributed by atoms with van der Waals surface area (Å²) in [6.45, 7) is 3.19. The Kier molecular flexibility index (Phi) is 3.58. The minimum absolute atomic E-state index is 0.140. The molecule has 1 heterocycles. The zero-order valence-electron chi connectivity index (χ0n) is 8.40. The maximum absolute atomic E-state index is 11.6. The number of amides is 1. The van der Waals surface area contributed by atoms with Crippen LogP contribution in [0, 0.1) is 5.92 Å². The fourth-order valence-corrected chi connectivity index (χ4v) is 1.13. The second kappa shape index (κ2) is 4.71. The smallest absolute Gasteiger partial charge is 0.275 e. The summed E-state index contributed by atoms with van der Waals surface area (Å²) in [6, 6.07) is 0. The van der Waals surface area contributed by atoms with Crippen molar-refractivity contribution in [1.82, 2.24) is 20.3 Å². The average Bonchev–Trinajstić information content (AvgIpc) is 2.69. The van der Waals surface area contributed by atoms with Crippen molar-refractivity contribution in [1.29, 1.82) is 0 Å². The van der Waals surface area contributed by atoms with E-state index in [9.17, 15) is 4.79 Å². The van der Waals surface area contributed by atoms with E-state index in [0.29, 0.717) is 18.8 Å². The Balaban J connectivity index is 2.53. The Morgan fingerprint density at radius 1 is 1.79 bits per heavy atom. The third kappa shape index (κ3) is 2.53. The fourth-order valence-electron chi connectivity index (χ4n) is 1.13. The summed E-state index contributed by atoms with van der Waals surface area (Å²) in [7, 11) is 1.73. The summed E-state index contributed by atoms with van der Waals surface area (Å²) in [5.74, 6) is 0.148. The van der Waals surface area contributed by atoms with Gasteiger partial charge in [0.05, 0.1) is 6.20 Å². The summed E-state index contributed by atoms with van der Waals surface area (Å²) in [6.07, 6.45) is 1.41. The van der Waals surface area contributed by atoms with Crippen molar-refractivity contribution in [2.24, 2.45) is 11.7 Å². The van der Waals surface area contributed by atoms with E-state index in [4.69, 9.17) is 5.73 Å². The van der Waals surface area contributed by atoms with Gasteiger partial charge in [-0.1, -0.05) is 6.92 Å². The molecule has 0 saturated carbocycles. The van der Waals surface area contributed by atoms with Gasteiger partial charge in [0, 0.05) is 13.6 Å². The van der Waals surface area contributed by atoms with Gasteiger partial charge in [0.2, 0.25) is 0 Å². The molecule has 0 aliphatic rings. The molecule has 3 N–H and O–H groups in total. The van der Waals surface area contributed by atoms with Gasteiger partial charge in [-0.2, -0.15) is 15.4 Å². The predicted molar refractivity (Wildman–Crippen MR) is 51.6 cm³/mol. The normalized spacial score (nSPS) is 12.5. The number of hydrogen-bond donors (Lipinski definition) is 2. The van der Waals surface area contributed by atoms with Crippen LogP contribution < -0.4 is 5.73 Å². The standard InChI is InChI=1S/C8H15N5O/c1-6(3-9)5-13(2)8(14)7-4-10-12-11-7/h4,6H,3,5,9H2,1-2H3,(H,10,11,12). The minimum Gasteiger partial charge on any atom is -0.340 e. The van der Waals surface area contributed by atoms with Crippen molar-refractivity contribution in [3.05, 3.63) is 11.9 Å². The summed E-state index contributed by atoms with van der Waals surface area (Å²) < 4.78 is 0. The van der Waals surface area contributed by atoms with Gasteiger partial charge in [0.15, 0.2) is 5.69 Å². The van der Waals surface area contributed by atoms with Crippen molar-refractivity contribution in [2.75, 3.05) is 20.1 Å². The van der Waals surface area contributed by atoms with Crippen LogP contribution in [0.25, 0.3) is 0 Å². The topological polar surface area (TPSA) is 87.9 Å². The average molecular weight is 197 g/mol. The van der Waals surface area contributed by atoms with Crippen LogP contribution in [0.3, 0.4) is 0 Å². The predicted octanol–water partition coefficient (Wildman–Crippen LogP) is -0.528. The Morgan fingerprint density at radius 3 is 3.00 bits per heavy atom. The molecule has 0 fully saturated rings. The second-order valence-electron chi connectivity index (χ2n) is 3.38. The van der Waals surface area contributed by atoms with Crippen LogP contribution in [0.4, 0.5) is 0 Å². The molecule has 0 aliphatic carbocycles. The van der Waals surface area contributed by atoms with E-state index >= 15 is 0 Å². The fraction of sp³-hybridized carbons (Fsp3) is 0.625. The number of hydrogen-bond acceptors (Lipinski definition) is 4. The van der Waals surface area contributed by atoms with Crippen molar-refractivity contribution >= 4 is 5.91 Å². The number of nitrogens with one attached hydrogen (secondary N) is 1. The lowest BCUT2D eigenvalue weighted by atomic mass is 10.2. The van der Waals surface area contributed by atoms with Gasteiger partial charge >= 0.3 is 0 Å². The number of rotatable bonds is 4. The van der Waals surface area contributed by atoms with E-state index in [1.165, 1.54) is 6.20 Å². The number of nitrogens with zero attached hydrogens (tertiary/aromatic N) is 3. The number of carbonyl (C=O) groups excluding carboxylic acids is 1. The first-order valence-corrected chi connectivity index (χ1v) is 4.46. The maximum Gasteiger partial charge on any atom is 0.275 e. The Bertz CT molecular complexity index is 284. The van der Waals surface area contributed by atoms with Gasteiger partial charge in [0.25, 0.3) is 5.91 Å². The van der Waals surface area contributed by atoms with E-state index in [2.05, 4.69) is 15.4 Å². The van der Waals surface area contributed by atoms with Crippen LogP contribution in [0.1, 0.15) is 17.4 Å². The van der Waals surface area contributed by atoms with Crippen molar-refractivity contribution < 1.29 is 4.79 Å². The van der Waals surface area contributed by atoms with Crippen LogP contribution in [0.2, 0.25) is 0 Å². The second-order valence-corrected chi connectivity index (χ2v) is 3.38. The van der Waals surface area contributed by atoms with Crippen LogP contribution in [0.5, 0.6) is 0 Å². The summed E-state index contributed by atoms with van der Waals surface area (Å²) in [4.78, 5) is 13.2. The molecule has 1 rings (SSSR count). The van der Waals surface area contributed by atoms with Crippen LogP contribution in [0.15, 0.2) is 6.20 Å². The molecule has 6 nitrogen and oxygen atoms in total. The number of carbonyl (C=O) groups is 1. The summed E-state index contributed by atoms with van der Waals surface area (Å²) in [5, 5.41) is 9.69. The quantitative estimate of drug-likeness (QED) is 0.679. The Labute approximate surface area is 82.5 Å². The third-order valence-corrected chi connectivity index (χ3v) is 1.97. The highest BCUT2D eigenvalue weighted by atomic mass is 16.2. The molecular weight excluding hydrogens is 182 g/mol. The Morgan fingerprint density at radius 2 is 2.50 bits per heavy atom. The van der Waals surface area contributed by atoms with Crippen LogP contribution in [-0.2, 0) is 0 Å². The molecule has 0 aliphatic heterocycles. The van der Waals surface area contributed by atoms with Gasteiger partial charge < -0.3 is 10.6 Å². The monoisotopic (exact) mass is 197 g/mol. The van der Waals surface area contributed by atoms with Crippen molar-refractivity contribution in [3.8, 4) is 0 Å². The zero-order valence-corrected chi connectivity index (χ0v) is 8.40. The van der Waals surface area contributed by atoms with Gasteiger partial charge in [0.1, 0.15) is 0 Å². The molecule has 14 heavy (non-hydrogen) atoms.